The highest BCUT2D eigenvalue weighted by atomic mass is 16.5. The van der Waals surface area contributed by atoms with E-state index >= 15 is 0 Å². The zero-order valence-corrected chi connectivity index (χ0v) is 11.3. The van der Waals surface area contributed by atoms with Gasteiger partial charge in [-0.1, -0.05) is 6.92 Å². The molecule has 0 aromatic heterocycles. The molecule has 5 nitrogen and oxygen atoms in total. The van der Waals surface area contributed by atoms with Gasteiger partial charge in [0.2, 0.25) is 0 Å². The van der Waals surface area contributed by atoms with Crippen LogP contribution in [-0.2, 0) is 14.2 Å². The van der Waals surface area contributed by atoms with E-state index in [9.17, 15) is 5.11 Å². The van der Waals surface area contributed by atoms with Crippen LogP contribution in [-0.4, -0.2) is 63.9 Å². The summed E-state index contributed by atoms with van der Waals surface area (Å²) in [5.74, 6) is 0. The lowest BCUT2D eigenvalue weighted by Crippen LogP contribution is -2.49. The summed E-state index contributed by atoms with van der Waals surface area (Å²) in [6, 6.07) is 0. The number of methoxy groups -OCH3 is 1. The number of hydrogen-bond donors (Lipinski definition) is 2. The molecule has 2 N–H and O–H groups in total. The first kappa shape index (κ1) is 16.8. The minimum Gasteiger partial charge on any atom is -0.394 e. The molecule has 1 unspecified atom stereocenters. The van der Waals surface area contributed by atoms with E-state index in [0.717, 1.165) is 13.0 Å². The number of rotatable bonds is 12. The molecule has 0 radical (unpaired) electrons. The van der Waals surface area contributed by atoms with E-state index in [1.54, 1.807) is 7.11 Å². The molecule has 0 fully saturated rings. The second-order valence-corrected chi connectivity index (χ2v) is 4.26. The van der Waals surface area contributed by atoms with Gasteiger partial charge < -0.3 is 24.6 Å². The molecule has 17 heavy (non-hydrogen) atoms. The number of likely N-dealkylation sites (N-methyl/N-ethyl adjacent to an activating group) is 1. The van der Waals surface area contributed by atoms with E-state index < -0.39 is 0 Å². The van der Waals surface area contributed by atoms with Crippen molar-refractivity contribution in [2.45, 2.75) is 25.8 Å². The van der Waals surface area contributed by atoms with Crippen molar-refractivity contribution in [3.05, 3.63) is 0 Å². The lowest BCUT2D eigenvalue weighted by atomic mass is 10.1. The molecule has 0 bridgehead atoms. The standard InChI is InChI=1S/C12H27NO4/c1-4-13-12(2,10-14)11-17-7-5-6-16-9-8-15-3/h13-14H,4-11H2,1-3H3. The molecule has 0 aliphatic heterocycles. The smallest absolute Gasteiger partial charge is 0.0700 e. The van der Waals surface area contributed by atoms with Crippen LogP contribution in [0.1, 0.15) is 20.3 Å². The highest BCUT2D eigenvalue weighted by Crippen LogP contribution is 2.03. The minimum atomic E-state index is -0.342. The van der Waals surface area contributed by atoms with Crippen molar-refractivity contribution in [1.82, 2.24) is 5.32 Å². The van der Waals surface area contributed by atoms with Gasteiger partial charge in [0.25, 0.3) is 0 Å². The predicted octanol–water partition coefficient (Wildman–Crippen LogP) is 0.417. The second kappa shape index (κ2) is 10.9. The molecule has 1 atom stereocenters. The average molecular weight is 249 g/mol. The summed E-state index contributed by atoms with van der Waals surface area (Å²) < 4.78 is 15.7. The van der Waals surface area contributed by atoms with Gasteiger partial charge in [0.1, 0.15) is 0 Å². The summed E-state index contributed by atoms with van der Waals surface area (Å²) in [4.78, 5) is 0. The molecule has 0 rings (SSSR count). The van der Waals surface area contributed by atoms with Crippen LogP contribution in [0.2, 0.25) is 0 Å². The Balaban J connectivity index is 3.37. The second-order valence-electron chi connectivity index (χ2n) is 4.26. The van der Waals surface area contributed by atoms with Gasteiger partial charge >= 0.3 is 0 Å². The minimum absolute atomic E-state index is 0.0746. The lowest BCUT2D eigenvalue weighted by molar-refractivity contribution is 0.0242. The van der Waals surface area contributed by atoms with Crippen molar-refractivity contribution in [1.29, 1.82) is 0 Å². The first-order valence-corrected chi connectivity index (χ1v) is 6.19. The van der Waals surface area contributed by atoms with Crippen molar-refractivity contribution < 1.29 is 19.3 Å². The Morgan fingerprint density at radius 2 is 1.82 bits per heavy atom. The molecule has 0 aromatic rings. The van der Waals surface area contributed by atoms with Crippen molar-refractivity contribution in [2.75, 3.05) is 53.3 Å². The Morgan fingerprint density at radius 3 is 2.41 bits per heavy atom. The van der Waals surface area contributed by atoms with Crippen molar-refractivity contribution in [2.24, 2.45) is 0 Å². The number of nitrogens with one attached hydrogen (secondary N) is 1. The van der Waals surface area contributed by atoms with Crippen molar-refractivity contribution in [3.63, 3.8) is 0 Å². The third kappa shape index (κ3) is 9.50. The average Bonchev–Trinajstić information content (AvgIpc) is 2.33. The third-order valence-corrected chi connectivity index (χ3v) is 2.38. The molecule has 104 valence electrons. The van der Waals surface area contributed by atoms with Gasteiger partial charge in [0.15, 0.2) is 0 Å². The van der Waals surface area contributed by atoms with Crippen LogP contribution in [0.4, 0.5) is 0 Å². The SMILES string of the molecule is CCNC(C)(CO)COCCCOCCOC. The molecule has 0 heterocycles. The summed E-state index contributed by atoms with van der Waals surface area (Å²) in [6.07, 6.45) is 0.858. The molecule has 5 heteroatoms. The van der Waals surface area contributed by atoms with Crippen LogP contribution < -0.4 is 5.32 Å². The summed E-state index contributed by atoms with van der Waals surface area (Å²) in [5.41, 5.74) is -0.342. The predicted molar refractivity (Wildman–Crippen MR) is 67.3 cm³/mol. The summed E-state index contributed by atoms with van der Waals surface area (Å²) in [6.45, 7) is 7.95. The quantitative estimate of drug-likeness (QED) is 0.491. The maximum atomic E-state index is 9.24. The van der Waals surface area contributed by atoms with Crippen molar-refractivity contribution >= 4 is 0 Å². The summed E-state index contributed by atoms with van der Waals surface area (Å²) in [7, 11) is 1.66. The van der Waals surface area contributed by atoms with Crippen LogP contribution in [0.25, 0.3) is 0 Å². The molecular weight excluding hydrogens is 222 g/mol. The van der Waals surface area contributed by atoms with Gasteiger partial charge in [-0.2, -0.15) is 0 Å². The first-order chi connectivity index (χ1) is 8.18. The number of ether oxygens (including phenoxy) is 3. The Morgan fingerprint density at radius 1 is 1.12 bits per heavy atom. The van der Waals surface area contributed by atoms with Crippen LogP contribution in [0.15, 0.2) is 0 Å². The van der Waals surface area contributed by atoms with Gasteiger partial charge in [-0.3, -0.25) is 0 Å². The molecule has 0 saturated heterocycles. The molecular formula is C12H27NO4. The van der Waals surface area contributed by atoms with Gasteiger partial charge in [-0.25, -0.2) is 0 Å². The Labute approximate surface area is 104 Å². The fraction of sp³-hybridized carbons (Fsp3) is 1.00. The van der Waals surface area contributed by atoms with Crippen LogP contribution in [0.3, 0.4) is 0 Å². The maximum absolute atomic E-state index is 9.24. The fourth-order valence-corrected chi connectivity index (χ4v) is 1.38. The number of hydrogen-bond acceptors (Lipinski definition) is 5. The third-order valence-electron chi connectivity index (χ3n) is 2.38. The van der Waals surface area contributed by atoms with Gasteiger partial charge in [0, 0.05) is 20.3 Å². The van der Waals surface area contributed by atoms with E-state index in [4.69, 9.17) is 14.2 Å². The maximum Gasteiger partial charge on any atom is 0.0700 e. The zero-order valence-electron chi connectivity index (χ0n) is 11.3. The molecule has 0 aliphatic carbocycles. The Kier molecular flexibility index (Phi) is 10.8. The largest absolute Gasteiger partial charge is 0.394 e. The molecule has 0 amide bonds. The van der Waals surface area contributed by atoms with Gasteiger partial charge in [-0.15, -0.1) is 0 Å². The molecule has 0 aromatic carbocycles. The summed E-state index contributed by atoms with van der Waals surface area (Å²) in [5, 5.41) is 12.4. The molecule has 0 aliphatic rings. The normalized spacial score (nSPS) is 14.8. The molecule has 0 saturated carbocycles. The van der Waals surface area contributed by atoms with E-state index in [1.807, 2.05) is 13.8 Å². The fourth-order valence-electron chi connectivity index (χ4n) is 1.38. The highest BCUT2D eigenvalue weighted by Gasteiger charge is 2.21. The van der Waals surface area contributed by atoms with Crippen LogP contribution >= 0.6 is 0 Å². The van der Waals surface area contributed by atoms with E-state index in [-0.39, 0.29) is 12.1 Å². The number of aliphatic hydroxyl groups is 1. The first-order valence-electron chi connectivity index (χ1n) is 6.19. The topological polar surface area (TPSA) is 60.0 Å². The summed E-state index contributed by atoms with van der Waals surface area (Å²) >= 11 is 0. The molecule has 0 spiro atoms. The van der Waals surface area contributed by atoms with Crippen LogP contribution in [0.5, 0.6) is 0 Å². The Bertz CT molecular complexity index is 169. The number of aliphatic hydroxyl groups excluding tert-OH is 1. The van der Waals surface area contributed by atoms with Gasteiger partial charge in [-0.05, 0) is 19.9 Å². The zero-order chi connectivity index (χ0) is 13.0. The van der Waals surface area contributed by atoms with Crippen molar-refractivity contribution in [3.8, 4) is 0 Å². The van der Waals surface area contributed by atoms with E-state index in [2.05, 4.69) is 5.32 Å². The van der Waals surface area contributed by atoms with E-state index in [0.29, 0.717) is 33.0 Å². The van der Waals surface area contributed by atoms with Gasteiger partial charge in [0.05, 0.1) is 32.0 Å². The monoisotopic (exact) mass is 249 g/mol. The highest BCUT2D eigenvalue weighted by molar-refractivity contribution is 4.81. The lowest BCUT2D eigenvalue weighted by Gasteiger charge is -2.27. The van der Waals surface area contributed by atoms with Crippen LogP contribution in [0, 0.1) is 0 Å². The Hall–Kier alpha value is -0.200. The van der Waals surface area contributed by atoms with E-state index in [1.165, 1.54) is 0 Å².